The Morgan fingerprint density at radius 1 is 1.22 bits per heavy atom. The van der Waals surface area contributed by atoms with Crippen molar-refractivity contribution in [2.24, 2.45) is 0 Å². The normalized spacial score (nSPS) is 10.7. The molecule has 94 valence electrons. The summed E-state index contributed by atoms with van der Waals surface area (Å²) < 4.78 is 2.38. The minimum absolute atomic E-state index is 0.157. The van der Waals surface area contributed by atoms with E-state index in [0.717, 1.165) is 20.2 Å². The molecule has 6 heteroatoms. The molecule has 1 N–H and O–H groups in total. The number of hydrogen-bond donors (Lipinski definition) is 1. The van der Waals surface area contributed by atoms with Crippen molar-refractivity contribution < 1.29 is 0 Å². The van der Waals surface area contributed by atoms with Gasteiger partial charge in [-0.15, -0.1) is 0 Å². The third-order valence-electron chi connectivity index (χ3n) is 2.46. The van der Waals surface area contributed by atoms with Gasteiger partial charge in [0.1, 0.15) is 10.3 Å². The van der Waals surface area contributed by atoms with Crippen LogP contribution in [0.4, 0.5) is 0 Å². The smallest absolute Gasteiger partial charge is 0.265 e. The maximum atomic E-state index is 11.8. The molecule has 18 heavy (non-hydrogen) atoms. The molecule has 0 saturated heterocycles. The molecule has 0 radical (unpaired) electrons. The molecule has 0 aliphatic rings. The van der Waals surface area contributed by atoms with Gasteiger partial charge in [-0.1, -0.05) is 13.0 Å². The lowest BCUT2D eigenvalue weighted by Gasteiger charge is -2.06. The van der Waals surface area contributed by atoms with E-state index < -0.39 is 0 Å². The summed E-state index contributed by atoms with van der Waals surface area (Å²) in [6.07, 6.45) is 0.704. The molecular formula is C12H9Br3N2O. The van der Waals surface area contributed by atoms with Crippen molar-refractivity contribution in [3.63, 3.8) is 0 Å². The maximum Gasteiger partial charge on any atom is 0.265 e. The molecule has 3 nitrogen and oxygen atoms in total. The van der Waals surface area contributed by atoms with E-state index in [1.54, 1.807) is 0 Å². The SMILES string of the molecule is CCc1nc(-c2ccc(Br)c(Br)c2)[nH]c(=O)c1Br. The average Bonchev–Trinajstić information content (AvgIpc) is 2.36. The Balaban J connectivity index is 2.60. The number of nitrogens with one attached hydrogen (secondary N) is 1. The highest BCUT2D eigenvalue weighted by Gasteiger charge is 2.09. The van der Waals surface area contributed by atoms with Crippen LogP contribution in [0, 0.1) is 0 Å². The highest BCUT2D eigenvalue weighted by molar-refractivity contribution is 9.13. The summed E-state index contributed by atoms with van der Waals surface area (Å²) in [4.78, 5) is 19.0. The van der Waals surface area contributed by atoms with Gasteiger partial charge in [-0.25, -0.2) is 4.98 Å². The zero-order valence-electron chi connectivity index (χ0n) is 9.43. The quantitative estimate of drug-likeness (QED) is 0.763. The number of aromatic nitrogens is 2. The molecule has 0 amide bonds. The van der Waals surface area contributed by atoms with Gasteiger partial charge in [-0.3, -0.25) is 4.79 Å². The minimum Gasteiger partial charge on any atom is -0.306 e. The monoisotopic (exact) mass is 434 g/mol. The standard InChI is InChI=1S/C12H9Br3N2O/c1-2-9-10(15)12(18)17-11(16-9)6-3-4-7(13)8(14)5-6/h3-5H,2H2,1H3,(H,16,17,18). The maximum absolute atomic E-state index is 11.8. The fraction of sp³-hybridized carbons (Fsp3) is 0.167. The number of rotatable bonds is 2. The van der Waals surface area contributed by atoms with Crippen molar-refractivity contribution in [1.29, 1.82) is 0 Å². The van der Waals surface area contributed by atoms with E-state index in [4.69, 9.17) is 0 Å². The highest BCUT2D eigenvalue weighted by atomic mass is 79.9. The van der Waals surface area contributed by atoms with Crippen LogP contribution in [-0.2, 0) is 6.42 Å². The first kappa shape index (κ1) is 14.0. The number of aryl methyl sites for hydroxylation is 1. The zero-order valence-corrected chi connectivity index (χ0v) is 14.2. The van der Waals surface area contributed by atoms with E-state index in [-0.39, 0.29) is 5.56 Å². The summed E-state index contributed by atoms with van der Waals surface area (Å²) in [6, 6.07) is 5.73. The second-order valence-electron chi connectivity index (χ2n) is 3.66. The van der Waals surface area contributed by atoms with Crippen LogP contribution in [0.25, 0.3) is 11.4 Å². The van der Waals surface area contributed by atoms with Crippen molar-refractivity contribution in [2.45, 2.75) is 13.3 Å². The number of aromatic amines is 1. The van der Waals surface area contributed by atoms with E-state index in [0.29, 0.717) is 16.7 Å². The van der Waals surface area contributed by atoms with Crippen molar-refractivity contribution in [1.82, 2.24) is 9.97 Å². The van der Waals surface area contributed by atoms with Crippen LogP contribution in [0.15, 0.2) is 36.4 Å². The molecule has 1 aromatic heterocycles. The Kier molecular flexibility index (Phi) is 4.40. The van der Waals surface area contributed by atoms with Crippen LogP contribution in [0.5, 0.6) is 0 Å². The fourth-order valence-electron chi connectivity index (χ4n) is 1.52. The van der Waals surface area contributed by atoms with Gasteiger partial charge in [-0.2, -0.15) is 0 Å². The number of benzene rings is 1. The predicted octanol–water partition coefficient (Wildman–Crippen LogP) is 4.29. The molecule has 0 unspecified atom stereocenters. The van der Waals surface area contributed by atoms with E-state index >= 15 is 0 Å². The van der Waals surface area contributed by atoms with Crippen LogP contribution in [-0.4, -0.2) is 9.97 Å². The third-order valence-corrected chi connectivity index (χ3v) is 5.16. The molecule has 0 fully saturated rings. The zero-order chi connectivity index (χ0) is 13.3. The topological polar surface area (TPSA) is 45.8 Å². The molecular weight excluding hydrogens is 428 g/mol. The Bertz CT molecular complexity index is 652. The van der Waals surface area contributed by atoms with Gasteiger partial charge in [0.25, 0.3) is 5.56 Å². The van der Waals surface area contributed by atoms with Gasteiger partial charge >= 0.3 is 0 Å². The van der Waals surface area contributed by atoms with Gasteiger partial charge in [0.15, 0.2) is 0 Å². The molecule has 0 spiro atoms. The van der Waals surface area contributed by atoms with Crippen LogP contribution in [0.2, 0.25) is 0 Å². The number of halogens is 3. The highest BCUT2D eigenvalue weighted by Crippen LogP contribution is 2.27. The molecule has 2 aromatic rings. The molecule has 0 aliphatic heterocycles. The average molecular weight is 437 g/mol. The molecule has 0 saturated carbocycles. The van der Waals surface area contributed by atoms with E-state index in [9.17, 15) is 4.79 Å². The first-order valence-electron chi connectivity index (χ1n) is 5.27. The van der Waals surface area contributed by atoms with Crippen LogP contribution < -0.4 is 5.56 Å². The Morgan fingerprint density at radius 3 is 2.56 bits per heavy atom. The fourth-order valence-corrected chi connectivity index (χ4v) is 2.61. The predicted molar refractivity (Wildman–Crippen MR) is 82.8 cm³/mol. The first-order chi connectivity index (χ1) is 8.52. The second-order valence-corrected chi connectivity index (χ2v) is 6.16. The van der Waals surface area contributed by atoms with Crippen molar-refractivity contribution >= 4 is 47.8 Å². The Morgan fingerprint density at radius 2 is 1.94 bits per heavy atom. The lowest BCUT2D eigenvalue weighted by molar-refractivity contribution is 0.970. The van der Waals surface area contributed by atoms with E-state index in [2.05, 4.69) is 57.8 Å². The number of H-pyrrole nitrogens is 1. The summed E-state index contributed by atoms with van der Waals surface area (Å²) >= 11 is 10.1. The van der Waals surface area contributed by atoms with E-state index in [1.807, 2.05) is 25.1 Å². The van der Waals surface area contributed by atoms with Crippen LogP contribution in [0.3, 0.4) is 0 Å². The lowest BCUT2D eigenvalue weighted by Crippen LogP contribution is -2.13. The summed E-state index contributed by atoms with van der Waals surface area (Å²) in [5.74, 6) is 0.577. The summed E-state index contributed by atoms with van der Waals surface area (Å²) in [6.45, 7) is 1.97. The first-order valence-corrected chi connectivity index (χ1v) is 7.65. The van der Waals surface area contributed by atoms with Gasteiger partial charge in [0, 0.05) is 14.5 Å². The molecule has 0 bridgehead atoms. The molecule has 1 heterocycles. The number of hydrogen-bond acceptors (Lipinski definition) is 2. The van der Waals surface area contributed by atoms with Crippen molar-refractivity contribution in [3.8, 4) is 11.4 Å². The molecule has 1 aromatic carbocycles. The van der Waals surface area contributed by atoms with E-state index in [1.165, 1.54) is 0 Å². The Labute approximate surface area is 129 Å². The second kappa shape index (κ2) is 5.67. The Hall–Kier alpha value is -0.460. The van der Waals surface area contributed by atoms with Crippen LogP contribution >= 0.6 is 47.8 Å². The summed E-state index contributed by atoms with van der Waals surface area (Å²) in [5.41, 5.74) is 1.47. The number of nitrogens with zero attached hydrogens (tertiary/aromatic N) is 1. The van der Waals surface area contributed by atoms with Crippen molar-refractivity contribution in [3.05, 3.63) is 47.7 Å². The summed E-state index contributed by atoms with van der Waals surface area (Å²) in [7, 11) is 0. The largest absolute Gasteiger partial charge is 0.306 e. The van der Waals surface area contributed by atoms with Gasteiger partial charge in [0.05, 0.1) is 5.69 Å². The lowest BCUT2D eigenvalue weighted by atomic mass is 10.2. The van der Waals surface area contributed by atoms with Gasteiger partial charge in [0.2, 0.25) is 0 Å². The van der Waals surface area contributed by atoms with Crippen LogP contribution in [0.1, 0.15) is 12.6 Å². The van der Waals surface area contributed by atoms with Crippen molar-refractivity contribution in [2.75, 3.05) is 0 Å². The molecule has 2 rings (SSSR count). The molecule has 0 aliphatic carbocycles. The molecule has 0 atom stereocenters. The summed E-state index contributed by atoms with van der Waals surface area (Å²) in [5, 5.41) is 0. The van der Waals surface area contributed by atoms with Gasteiger partial charge < -0.3 is 4.98 Å². The van der Waals surface area contributed by atoms with Gasteiger partial charge in [-0.05, 0) is 66.3 Å². The minimum atomic E-state index is -0.157. The third kappa shape index (κ3) is 2.75.